The predicted octanol–water partition coefficient (Wildman–Crippen LogP) is 3.93. The van der Waals surface area contributed by atoms with E-state index in [1.807, 2.05) is 12.3 Å². The van der Waals surface area contributed by atoms with Crippen molar-refractivity contribution in [3.8, 4) is 17.0 Å². The first kappa shape index (κ1) is 18.6. The Morgan fingerprint density at radius 3 is 2.84 bits per heavy atom. The van der Waals surface area contributed by atoms with E-state index in [1.165, 1.54) is 17.0 Å². The summed E-state index contributed by atoms with van der Waals surface area (Å²) < 4.78 is 26.8. The van der Waals surface area contributed by atoms with Crippen molar-refractivity contribution < 1.29 is 13.9 Å². The van der Waals surface area contributed by atoms with Crippen molar-refractivity contribution in [2.24, 2.45) is 0 Å². The summed E-state index contributed by atoms with van der Waals surface area (Å²) in [5.41, 5.74) is 3.01. The summed E-state index contributed by atoms with van der Waals surface area (Å²) in [6, 6.07) is 4.00. The number of imidazole rings is 1. The summed E-state index contributed by atoms with van der Waals surface area (Å²) in [6.45, 7) is 0.894. The Labute approximate surface area is 177 Å². The molecule has 9 heteroatoms. The molecule has 5 heterocycles. The number of hydrogen-bond donors (Lipinski definition) is 2. The fourth-order valence-electron chi connectivity index (χ4n) is 4.81. The molecule has 1 aliphatic heterocycles. The summed E-state index contributed by atoms with van der Waals surface area (Å²) in [5, 5.41) is 4.23. The molecule has 6 rings (SSSR count). The number of ether oxygens (including phenoxy) is 2. The van der Waals surface area contributed by atoms with E-state index >= 15 is 0 Å². The van der Waals surface area contributed by atoms with Crippen LogP contribution in [-0.4, -0.2) is 49.7 Å². The van der Waals surface area contributed by atoms with E-state index in [0.29, 0.717) is 29.2 Å². The molecule has 0 unspecified atom stereocenters. The Kier molecular flexibility index (Phi) is 4.14. The van der Waals surface area contributed by atoms with Crippen molar-refractivity contribution in [3.05, 3.63) is 36.7 Å². The van der Waals surface area contributed by atoms with Crippen LogP contribution in [0.25, 0.3) is 27.8 Å². The van der Waals surface area contributed by atoms with E-state index in [0.717, 1.165) is 48.8 Å². The zero-order chi connectivity index (χ0) is 21.0. The Bertz CT molecular complexity index is 1270. The number of rotatable bonds is 4. The van der Waals surface area contributed by atoms with E-state index in [9.17, 15) is 4.39 Å². The van der Waals surface area contributed by atoms with Gasteiger partial charge < -0.3 is 19.8 Å². The normalized spacial score (nSPS) is 23.4. The molecule has 1 aliphatic carbocycles. The number of aromatic nitrogens is 5. The highest BCUT2D eigenvalue weighted by Crippen LogP contribution is 2.41. The van der Waals surface area contributed by atoms with Crippen LogP contribution >= 0.6 is 0 Å². The van der Waals surface area contributed by atoms with Crippen LogP contribution in [0.5, 0.6) is 5.88 Å². The van der Waals surface area contributed by atoms with Gasteiger partial charge in [0.05, 0.1) is 30.9 Å². The first-order valence-corrected chi connectivity index (χ1v) is 10.6. The van der Waals surface area contributed by atoms with Gasteiger partial charge in [0.25, 0.3) is 0 Å². The van der Waals surface area contributed by atoms with Gasteiger partial charge in [-0.05, 0) is 44.2 Å². The minimum absolute atomic E-state index is 0.130. The number of H-pyrrole nitrogens is 1. The second-order valence-corrected chi connectivity index (χ2v) is 8.41. The lowest BCUT2D eigenvalue weighted by Gasteiger charge is -2.46. The van der Waals surface area contributed by atoms with Crippen molar-refractivity contribution in [2.75, 3.05) is 19.0 Å². The maximum Gasteiger partial charge on any atom is 0.228 e. The van der Waals surface area contributed by atoms with E-state index in [4.69, 9.17) is 9.47 Å². The van der Waals surface area contributed by atoms with Gasteiger partial charge in [-0.2, -0.15) is 14.4 Å². The Hall–Kier alpha value is -3.20. The van der Waals surface area contributed by atoms with E-state index in [2.05, 4.69) is 25.3 Å². The topological polar surface area (TPSA) is 89.4 Å². The summed E-state index contributed by atoms with van der Waals surface area (Å²) in [5.74, 6) is 0.613. The van der Waals surface area contributed by atoms with Crippen LogP contribution in [0.1, 0.15) is 32.1 Å². The van der Waals surface area contributed by atoms with Crippen LogP contribution < -0.4 is 10.1 Å². The summed E-state index contributed by atoms with van der Waals surface area (Å²) in [7, 11) is 1.60. The number of nitrogens with one attached hydrogen (secondary N) is 2. The van der Waals surface area contributed by atoms with Crippen LogP contribution in [0.3, 0.4) is 0 Å². The average molecular weight is 422 g/mol. The molecule has 0 aromatic carbocycles. The molecule has 4 aromatic heterocycles. The standard InChI is InChI=1S/C22H23FN6O2/c1-30-20-18-15(13-2-3-17-24-11-16(23)29(17)12-13)10-25-19(18)27-21(28-20)26-14-4-6-22(7-5-14)8-9-31-22/h2-3,10-12,14H,4-9H2,1H3,(H2,25,26,27,28). The Morgan fingerprint density at radius 2 is 2.10 bits per heavy atom. The van der Waals surface area contributed by atoms with Crippen molar-refractivity contribution in [3.63, 3.8) is 0 Å². The van der Waals surface area contributed by atoms with E-state index < -0.39 is 5.95 Å². The van der Waals surface area contributed by atoms with Crippen LogP contribution in [0.4, 0.5) is 10.3 Å². The molecule has 8 nitrogen and oxygen atoms in total. The maximum absolute atomic E-state index is 14.0. The Morgan fingerprint density at radius 1 is 1.26 bits per heavy atom. The largest absolute Gasteiger partial charge is 0.480 e. The third kappa shape index (κ3) is 3.03. The van der Waals surface area contributed by atoms with Crippen LogP contribution in [0.2, 0.25) is 0 Å². The number of nitrogens with zero attached hydrogens (tertiary/aromatic N) is 4. The van der Waals surface area contributed by atoms with Gasteiger partial charge in [-0.1, -0.05) is 0 Å². The highest BCUT2D eigenvalue weighted by molar-refractivity contribution is 5.97. The lowest BCUT2D eigenvalue weighted by Crippen LogP contribution is -2.48. The molecule has 0 atom stereocenters. The number of methoxy groups -OCH3 is 1. The zero-order valence-corrected chi connectivity index (χ0v) is 17.2. The third-order valence-electron chi connectivity index (χ3n) is 6.66. The van der Waals surface area contributed by atoms with Gasteiger partial charge in [-0.3, -0.25) is 4.40 Å². The number of aromatic amines is 1. The molecule has 1 spiro atoms. The number of anilines is 1. The molecule has 2 aliphatic rings. The molecule has 160 valence electrons. The number of halogens is 1. The zero-order valence-electron chi connectivity index (χ0n) is 17.2. The smallest absolute Gasteiger partial charge is 0.228 e. The van der Waals surface area contributed by atoms with Gasteiger partial charge in [0.1, 0.15) is 11.3 Å². The molecular weight excluding hydrogens is 399 g/mol. The fourth-order valence-corrected chi connectivity index (χ4v) is 4.81. The first-order chi connectivity index (χ1) is 15.1. The molecule has 2 N–H and O–H groups in total. The fraction of sp³-hybridized carbons (Fsp3) is 0.409. The lowest BCUT2D eigenvalue weighted by atomic mass is 9.77. The van der Waals surface area contributed by atoms with Gasteiger partial charge >= 0.3 is 0 Å². The van der Waals surface area contributed by atoms with Crippen LogP contribution in [-0.2, 0) is 4.74 Å². The molecular formula is C22H23FN6O2. The second kappa shape index (κ2) is 6.91. The quantitative estimate of drug-likeness (QED) is 0.518. The number of hydrogen-bond acceptors (Lipinski definition) is 6. The molecule has 0 bridgehead atoms. The van der Waals surface area contributed by atoms with E-state index in [1.54, 1.807) is 19.4 Å². The van der Waals surface area contributed by atoms with Gasteiger partial charge in [-0.15, -0.1) is 0 Å². The predicted molar refractivity (Wildman–Crippen MR) is 114 cm³/mol. The average Bonchev–Trinajstić information content (AvgIpc) is 3.36. The number of fused-ring (bicyclic) bond motifs is 2. The summed E-state index contributed by atoms with van der Waals surface area (Å²) in [4.78, 5) is 16.6. The van der Waals surface area contributed by atoms with Gasteiger partial charge in [-0.25, -0.2) is 4.98 Å². The summed E-state index contributed by atoms with van der Waals surface area (Å²) in [6.07, 6.45) is 10.2. The Balaban J connectivity index is 1.32. The molecule has 31 heavy (non-hydrogen) atoms. The van der Waals surface area contributed by atoms with Crippen molar-refractivity contribution in [1.29, 1.82) is 0 Å². The van der Waals surface area contributed by atoms with Gasteiger partial charge in [0.15, 0.2) is 0 Å². The molecule has 1 saturated heterocycles. The molecule has 0 radical (unpaired) electrons. The molecule has 2 fully saturated rings. The summed E-state index contributed by atoms with van der Waals surface area (Å²) >= 11 is 0. The van der Waals surface area contributed by atoms with Crippen LogP contribution in [0.15, 0.2) is 30.7 Å². The lowest BCUT2D eigenvalue weighted by molar-refractivity contribution is -0.165. The van der Waals surface area contributed by atoms with Crippen molar-refractivity contribution in [2.45, 2.75) is 43.7 Å². The molecule has 1 saturated carbocycles. The van der Waals surface area contributed by atoms with Crippen LogP contribution in [0, 0.1) is 5.95 Å². The minimum Gasteiger partial charge on any atom is -0.480 e. The monoisotopic (exact) mass is 422 g/mol. The number of pyridine rings is 1. The molecule has 4 aromatic rings. The minimum atomic E-state index is -0.409. The van der Waals surface area contributed by atoms with Gasteiger partial charge in [0, 0.05) is 29.6 Å². The maximum atomic E-state index is 14.0. The molecule has 0 amide bonds. The highest BCUT2D eigenvalue weighted by atomic mass is 19.1. The van der Waals surface area contributed by atoms with E-state index in [-0.39, 0.29) is 5.60 Å². The highest BCUT2D eigenvalue weighted by Gasteiger charge is 2.41. The van der Waals surface area contributed by atoms with Gasteiger partial charge in [0.2, 0.25) is 17.8 Å². The van der Waals surface area contributed by atoms with Crippen molar-refractivity contribution >= 4 is 22.6 Å². The second-order valence-electron chi connectivity index (χ2n) is 8.41. The van der Waals surface area contributed by atoms with Crippen molar-refractivity contribution in [1.82, 2.24) is 24.3 Å². The SMILES string of the molecule is COc1nc(NC2CCC3(CCO3)CC2)nc2[nH]cc(-c3ccc4ncc(F)n4c3)c12. The first-order valence-electron chi connectivity index (χ1n) is 10.6. The third-order valence-corrected chi connectivity index (χ3v) is 6.66.